The van der Waals surface area contributed by atoms with E-state index in [-0.39, 0.29) is 0 Å². The van der Waals surface area contributed by atoms with Gasteiger partial charge in [-0.15, -0.1) is 0 Å². The number of likely N-dealkylation sites (tertiary alicyclic amines) is 1. The van der Waals surface area contributed by atoms with Gasteiger partial charge in [-0.25, -0.2) is 9.97 Å². The van der Waals surface area contributed by atoms with Crippen molar-refractivity contribution in [3.63, 3.8) is 0 Å². The maximum atomic E-state index is 4.77. The highest BCUT2D eigenvalue weighted by atomic mass is 15.3. The van der Waals surface area contributed by atoms with Crippen molar-refractivity contribution in [2.45, 2.75) is 38.8 Å². The van der Waals surface area contributed by atoms with E-state index in [1.54, 1.807) is 0 Å². The number of pyridine rings is 1. The fourth-order valence-electron chi connectivity index (χ4n) is 2.87. The van der Waals surface area contributed by atoms with Crippen molar-refractivity contribution in [2.24, 2.45) is 0 Å². The first-order chi connectivity index (χ1) is 8.68. The van der Waals surface area contributed by atoms with Crippen molar-refractivity contribution in [3.8, 4) is 0 Å². The Morgan fingerprint density at radius 3 is 2.89 bits per heavy atom. The first-order valence-corrected chi connectivity index (χ1v) is 6.71. The molecule has 3 heterocycles. The zero-order valence-corrected chi connectivity index (χ0v) is 11.3. The van der Waals surface area contributed by atoms with Gasteiger partial charge in [0, 0.05) is 12.1 Å². The van der Waals surface area contributed by atoms with E-state index in [1.165, 1.54) is 12.8 Å². The van der Waals surface area contributed by atoms with Crippen LogP contribution < -0.4 is 0 Å². The minimum Gasteiger partial charge on any atom is -0.296 e. The number of rotatable bonds is 2. The van der Waals surface area contributed by atoms with E-state index in [0.717, 1.165) is 23.5 Å². The van der Waals surface area contributed by atoms with E-state index in [1.807, 2.05) is 12.3 Å². The molecule has 4 heteroatoms. The first-order valence-electron chi connectivity index (χ1n) is 6.71. The Balaban J connectivity index is 2.21. The summed E-state index contributed by atoms with van der Waals surface area (Å²) in [6, 6.07) is 4.02. The summed E-state index contributed by atoms with van der Waals surface area (Å²) in [6.07, 6.45) is 4.73. The van der Waals surface area contributed by atoms with E-state index >= 15 is 0 Å². The van der Waals surface area contributed by atoms with Gasteiger partial charge in [0.25, 0.3) is 0 Å². The summed E-state index contributed by atoms with van der Waals surface area (Å²) in [4.78, 5) is 11.7. The van der Waals surface area contributed by atoms with Crippen LogP contribution in [-0.2, 0) is 0 Å². The summed E-state index contributed by atoms with van der Waals surface area (Å²) >= 11 is 0. The fraction of sp³-hybridized carbons (Fsp3) is 0.571. The lowest BCUT2D eigenvalue weighted by molar-refractivity contribution is 0.236. The summed E-state index contributed by atoms with van der Waals surface area (Å²) in [7, 11) is 2.19. The molecule has 4 nitrogen and oxygen atoms in total. The Labute approximate surface area is 108 Å². The first kappa shape index (κ1) is 11.7. The Morgan fingerprint density at radius 2 is 2.22 bits per heavy atom. The van der Waals surface area contributed by atoms with E-state index in [4.69, 9.17) is 4.98 Å². The molecule has 1 aliphatic rings. The lowest BCUT2D eigenvalue weighted by atomic mass is 10.2. The minimum atomic E-state index is 0.419. The van der Waals surface area contributed by atoms with Crippen LogP contribution in [0.15, 0.2) is 18.3 Å². The molecule has 0 aliphatic carbocycles. The molecule has 2 aromatic rings. The van der Waals surface area contributed by atoms with Crippen LogP contribution in [0.4, 0.5) is 0 Å². The van der Waals surface area contributed by atoms with Crippen molar-refractivity contribution in [1.82, 2.24) is 19.4 Å². The molecule has 1 aliphatic heterocycles. The molecule has 1 unspecified atom stereocenters. The van der Waals surface area contributed by atoms with Gasteiger partial charge in [-0.3, -0.25) is 9.47 Å². The van der Waals surface area contributed by atoms with Crippen LogP contribution in [0.25, 0.3) is 11.2 Å². The van der Waals surface area contributed by atoms with Gasteiger partial charge < -0.3 is 0 Å². The molecule has 1 saturated heterocycles. The van der Waals surface area contributed by atoms with Gasteiger partial charge in [0.15, 0.2) is 5.65 Å². The third-order valence-electron chi connectivity index (χ3n) is 3.77. The molecule has 1 fully saturated rings. The molecule has 3 rings (SSSR count). The zero-order valence-electron chi connectivity index (χ0n) is 11.3. The van der Waals surface area contributed by atoms with Crippen LogP contribution in [0.1, 0.15) is 44.6 Å². The SMILES string of the molecule is CC(C)c1nc2cccnc2n1C1CCCN1C. The van der Waals surface area contributed by atoms with Crippen LogP contribution in [-0.4, -0.2) is 33.0 Å². The highest BCUT2D eigenvalue weighted by molar-refractivity contribution is 5.71. The Kier molecular flexibility index (Phi) is 2.82. The number of hydrogen-bond acceptors (Lipinski definition) is 3. The predicted molar refractivity (Wildman–Crippen MR) is 72.5 cm³/mol. The molecular formula is C14H20N4. The largest absolute Gasteiger partial charge is 0.296 e. The highest BCUT2D eigenvalue weighted by Gasteiger charge is 2.27. The van der Waals surface area contributed by atoms with Gasteiger partial charge in [0.05, 0.1) is 6.17 Å². The average molecular weight is 244 g/mol. The number of nitrogens with zero attached hydrogens (tertiary/aromatic N) is 4. The standard InChI is InChI=1S/C14H20N4/c1-10(2)13-16-11-6-4-8-15-14(11)18(13)12-7-5-9-17(12)3/h4,6,8,10,12H,5,7,9H2,1-3H3. The maximum Gasteiger partial charge on any atom is 0.161 e. The van der Waals surface area contributed by atoms with Gasteiger partial charge >= 0.3 is 0 Å². The summed E-state index contributed by atoms with van der Waals surface area (Å²) in [5.74, 6) is 1.58. The van der Waals surface area contributed by atoms with Crippen molar-refractivity contribution in [2.75, 3.05) is 13.6 Å². The smallest absolute Gasteiger partial charge is 0.161 e. The van der Waals surface area contributed by atoms with Crippen molar-refractivity contribution in [3.05, 3.63) is 24.2 Å². The lowest BCUT2D eigenvalue weighted by Crippen LogP contribution is -2.25. The monoisotopic (exact) mass is 244 g/mol. The lowest BCUT2D eigenvalue weighted by Gasteiger charge is -2.24. The quantitative estimate of drug-likeness (QED) is 0.814. The van der Waals surface area contributed by atoms with Crippen molar-refractivity contribution >= 4 is 11.2 Å². The number of fused-ring (bicyclic) bond motifs is 1. The maximum absolute atomic E-state index is 4.77. The molecule has 0 radical (unpaired) electrons. The van der Waals surface area contributed by atoms with Crippen LogP contribution in [0.3, 0.4) is 0 Å². The summed E-state index contributed by atoms with van der Waals surface area (Å²) < 4.78 is 2.34. The van der Waals surface area contributed by atoms with Gasteiger partial charge in [-0.2, -0.15) is 0 Å². The van der Waals surface area contributed by atoms with E-state index in [0.29, 0.717) is 12.1 Å². The third-order valence-corrected chi connectivity index (χ3v) is 3.77. The Morgan fingerprint density at radius 1 is 1.39 bits per heavy atom. The van der Waals surface area contributed by atoms with Gasteiger partial charge in [-0.1, -0.05) is 13.8 Å². The van der Waals surface area contributed by atoms with Gasteiger partial charge in [-0.05, 0) is 38.6 Å². The second kappa shape index (κ2) is 4.35. The number of imidazole rings is 1. The van der Waals surface area contributed by atoms with Crippen LogP contribution in [0.5, 0.6) is 0 Å². The van der Waals surface area contributed by atoms with Gasteiger partial charge in [0.1, 0.15) is 11.3 Å². The Bertz CT molecular complexity index is 558. The minimum absolute atomic E-state index is 0.419. The topological polar surface area (TPSA) is 34.0 Å². The Hall–Kier alpha value is -1.42. The van der Waals surface area contributed by atoms with Crippen molar-refractivity contribution in [1.29, 1.82) is 0 Å². The second-order valence-electron chi connectivity index (χ2n) is 5.44. The third kappa shape index (κ3) is 1.72. The normalized spacial score (nSPS) is 21.2. The van der Waals surface area contributed by atoms with Crippen molar-refractivity contribution < 1.29 is 0 Å². The molecule has 0 spiro atoms. The molecule has 0 N–H and O–H groups in total. The summed E-state index contributed by atoms with van der Waals surface area (Å²) in [5.41, 5.74) is 2.04. The highest BCUT2D eigenvalue weighted by Crippen LogP contribution is 2.31. The van der Waals surface area contributed by atoms with E-state index in [2.05, 4.69) is 41.4 Å². The average Bonchev–Trinajstić information content (AvgIpc) is 2.92. The predicted octanol–water partition coefficient (Wildman–Crippen LogP) is 2.78. The molecule has 1 atom stereocenters. The van der Waals surface area contributed by atoms with Crippen LogP contribution in [0, 0.1) is 0 Å². The molecular weight excluding hydrogens is 224 g/mol. The van der Waals surface area contributed by atoms with Gasteiger partial charge in [0.2, 0.25) is 0 Å². The fourth-order valence-corrected chi connectivity index (χ4v) is 2.87. The molecule has 2 aromatic heterocycles. The van der Waals surface area contributed by atoms with E-state index < -0.39 is 0 Å². The summed E-state index contributed by atoms with van der Waals surface area (Å²) in [6.45, 7) is 5.56. The second-order valence-corrected chi connectivity index (χ2v) is 5.44. The molecule has 0 amide bonds. The molecule has 0 bridgehead atoms. The number of hydrogen-bond donors (Lipinski definition) is 0. The molecule has 0 aromatic carbocycles. The zero-order chi connectivity index (χ0) is 12.7. The van der Waals surface area contributed by atoms with Crippen LogP contribution in [0.2, 0.25) is 0 Å². The summed E-state index contributed by atoms with van der Waals surface area (Å²) in [5, 5.41) is 0. The van der Waals surface area contributed by atoms with Crippen LogP contribution >= 0.6 is 0 Å². The molecule has 96 valence electrons. The van der Waals surface area contributed by atoms with E-state index in [9.17, 15) is 0 Å². The molecule has 18 heavy (non-hydrogen) atoms. The molecule has 0 saturated carbocycles. The number of aromatic nitrogens is 3.